The summed E-state index contributed by atoms with van der Waals surface area (Å²) < 4.78 is 24.3. The third kappa shape index (κ3) is 3.38. The summed E-state index contributed by atoms with van der Waals surface area (Å²) in [5.74, 6) is -2.67. The largest absolute Gasteiger partial charge is 0.480 e. The van der Waals surface area contributed by atoms with Crippen LogP contribution in [0.15, 0.2) is 24.3 Å². The van der Waals surface area contributed by atoms with Crippen LogP contribution in [0.2, 0.25) is 0 Å². The summed E-state index contributed by atoms with van der Waals surface area (Å²) in [5.41, 5.74) is 1.67. The Balaban J connectivity index is 2.18. The maximum atomic E-state index is 12.2. The van der Waals surface area contributed by atoms with Crippen LogP contribution in [0.1, 0.15) is 5.56 Å². The Bertz CT molecular complexity index is 682. The predicted molar refractivity (Wildman–Crippen MR) is 81.6 cm³/mol. The molecule has 0 radical (unpaired) electrons. The van der Waals surface area contributed by atoms with Gasteiger partial charge in [-0.3, -0.25) is 4.79 Å². The molecule has 1 aromatic carbocycles. The number of nitrogens with zero attached hydrogens (tertiary/aromatic N) is 1. The number of rotatable bonds is 4. The number of benzene rings is 1. The minimum Gasteiger partial charge on any atom is -0.480 e. The minimum atomic E-state index is -3.79. The average Bonchev–Trinajstić information content (AvgIpc) is 2.42. The van der Waals surface area contributed by atoms with E-state index in [9.17, 15) is 18.0 Å². The molecule has 2 rings (SSSR count). The van der Waals surface area contributed by atoms with Crippen molar-refractivity contribution in [2.24, 2.45) is 0 Å². The Morgan fingerprint density at radius 2 is 1.91 bits per heavy atom. The zero-order valence-electron chi connectivity index (χ0n) is 12.3. The third-order valence-corrected chi connectivity index (χ3v) is 5.66. The molecule has 1 aromatic rings. The lowest BCUT2D eigenvalue weighted by Crippen LogP contribution is -2.58. The van der Waals surface area contributed by atoms with Gasteiger partial charge in [0, 0.05) is 19.8 Å². The number of carbonyl (C=O) groups is 2. The van der Waals surface area contributed by atoms with Crippen LogP contribution in [0, 0.1) is 0 Å². The number of hydrogen-bond donors (Lipinski definition) is 2. The molecule has 0 aliphatic carbocycles. The van der Waals surface area contributed by atoms with Gasteiger partial charge >= 0.3 is 5.97 Å². The number of carboxylic acid groups (broad SMARTS) is 1. The molecule has 22 heavy (non-hydrogen) atoms. The topological polar surface area (TPSA) is 104 Å². The Hall–Kier alpha value is -2.09. The molecule has 2 N–H and O–H groups in total. The summed E-state index contributed by atoms with van der Waals surface area (Å²) in [6.45, 7) is 0. The molecular formula is C14H18N2O5S. The van der Waals surface area contributed by atoms with E-state index in [1.807, 2.05) is 31.1 Å². The van der Waals surface area contributed by atoms with Gasteiger partial charge in [0.1, 0.15) is 11.3 Å². The van der Waals surface area contributed by atoms with Crippen LogP contribution >= 0.6 is 0 Å². The quantitative estimate of drug-likeness (QED) is 0.785. The van der Waals surface area contributed by atoms with Crippen molar-refractivity contribution in [1.29, 1.82) is 0 Å². The van der Waals surface area contributed by atoms with Crippen molar-refractivity contribution < 1.29 is 23.1 Å². The molecule has 0 bridgehead atoms. The molecule has 2 atom stereocenters. The van der Waals surface area contributed by atoms with Crippen LogP contribution in [0.3, 0.4) is 0 Å². The Kier molecular flexibility index (Phi) is 4.41. The molecule has 1 fully saturated rings. The number of sulfone groups is 1. The first-order valence-electron chi connectivity index (χ1n) is 6.72. The van der Waals surface area contributed by atoms with E-state index in [2.05, 4.69) is 5.32 Å². The Morgan fingerprint density at radius 3 is 2.36 bits per heavy atom. The van der Waals surface area contributed by atoms with E-state index in [4.69, 9.17) is 5.11 Å². The van der Waals surface area contributed by atoms with Gasteiger partial charge in [-0.15, -0.1) is 0 Å². The van der Waals surface area contributed by atoms with Gasteiger partial charge in [0.15, 0.2) is 9.84 Å². The SMILES string of the molecule is CN(C)c1ccc(CC2C(=O)NC(C(=O)O)CS2(=O)=O)cc1. The van der Waals surface area contributed by atoms with Gasteiger partial charge in [0.2, 0.25) is 5.91 Å². The van der Waals surface area contributed by atoms with Crippen LogP contribution < -0.4 is 10.2 Å². The summed E-state index contributed by atoms with van der Waals surface area (Å²) in [7, 11) is -0.0169. The van der Waals surface area contributed by atoms with Crippen LogP contribution in [0.25, 0.3) is 0 Å². The summed E-state index contributed by atoms with van der Waals surface area (Å²) in [5, 5.41) is 9.87. The van der Waals surface area contributed by atoms with Crippen LogP contribution in [-0.2, 0) is 25.8 Å². The maximum Gasteiger partial charge on any atom is 0.327 e. The first-order chi connectivity index (χ1) is 10.2. The summed E-state index contributed by atoms with van der Waals surface area (Å²) >= 11 is 0. The molecule has 0 spiro atoms. The smallest absolute Gasteiger partial charge is 0.327 e. The van der Waals surface area contributed by atoms with Gasteiger partial charge in [-0.05, 0) is 24.1 Å². The summed E-state index contributed by atoms with van der Waals surface area (Å²) in [6.07, 6.45) is 0.0359. The van der Waals surface area contributed by atoms with Crippen LogP contribution in [-0.4, -0.2) is 56.5 Å². The predicted octanol–water partition coefficient (Wildman–Crippen LogP) is -0.338. The molecule has 1 aliphatic heterocycles. The van der Waals surface area contributed by atoms with Crippen LogP contribution in [0.4, 0.5) is 5.69 Å². The zero-order chi connectivity index (χ0) is 16.5. The number of aliphatic carboxylic acids is 1. The fraction of sp³-hybridized carbons (Fsp3) is 0.429. The molecule has 2 unspecified atom stereocenters. The van der Waals surface area contributed by atoms with E-state index in [0.29, 0.717) is 5.56 Å². The summed E-state index contributed by atoms with van der Waals surface area (Å²) in [6, 6.07) is 5.83. The monoisotopic (exact) mass is 326 g/mol. The second-order valence-electron chi connectivity index (χ2n) is 5.48. The first-order valence-corrected chi connectivity index (χ1v) is 8.43. The number of nitrogens with one attached hydrogen (secondary N) is 1. The minimum absolute atomic E-state index is 0.0359. The fourth-order valence-electron chi connectivity index (χ4n) is 2.31. The molecule has 1 amide bonds. The molecular weight excluding hydrogens is 308 g/mol. The van der Waals surface area contributed by atoms with Crippen LogP contribution in [0.5, 0.6) is 0 Å². The van der Waals surface area contributed by atoms with E-state index in [-0.39, 0.29) is 6.42 Å². The average molecular weight is 326 g/mol. The highest BCUT2D eigenvalue weighted by molar-refractivity contribution is 7.93. The Labute approximate surface area is 128 Å². The van der Waals surface area contributed by atoms with Crippen molar-refractivity contribution in [3.63, 3.8) is 0 Å². The molecule has 1 saturated heterocycles. The normalized spacial score (nSPS) is 23.6. The van der Waals surface area contributed by atoms with Gasteiger partial charge in [-0.25, -0.2) is 13.2 Å². The second kappa shape index (κ2) is 5.96. The van der Waals surface area contributed by atoms with E-state index in [0.717, 1.165) is 5.69 Å². The fourth-order valence-corrected chi connectivity index (χ4v) is 4.08. The summed E-state index contributed by atoms with van der Waals surface area (Å²) in [4.78, 5) is 24.7. The van der Waals surface area contributed by atoms with Gasteiger partial charge in [-0.2, -0.15) is 0 Å². The van der Waals surface area contributed by atoms with E-state index >= 15 is 0 Å². The lowest BCUT2D eigenvalue weighted by molar-refractivity contribution is -0.141. The molecule has 1 aliphatic rings. The maximum absolute atomic E-state index is 12.2. The third-order valence-electron chi connectivity index (χ3n) is 3.61. The molecule has 120 valence electrons. The molecule has 8 heteroatoms. The number of carbonyl (C=O) groups excluding carboxylic acids is 1. The van der Waals surface area contributed by atoms with E-state index in [1.165, 1.54) is 0 Å². The van der Waals surface area contributed by atoms with E-state index < -0.39 is 38.8 Å². The zero-order valence-corrected chi connectivity index (χ0v) is 13.1. The molecule has 0 saturated carbocycles. The number of hydrogen-bond acceptors (Lipinski definition) is 5. The highest BCUT2D eigenvalue weighted by Crippen LogP contribution is 2.19. The van der Waals surface area contributed by atoms with Crippen molar-refractivity contribution in [3.05, 3.63) is 29.8 Å². The van der Waals surface area contributed by atoms with Gasteiger partial charge < -0.3 is 15.3 Å². The van der Waals surface area contributed by atoms with Crippen molar-refractivity contribution in [2.75, 3.05) is 24.7 Å². The number of amides is 1. The van der Waals surface area contributed by atoms with Gasteiger partial charge in [0.05, 0.1) is 5.75 Å². The van der Waals surface area contributed by atoms with Gasteiger partial charge in [-0.1, -0.05) is 12.1 Å². The molecule has 1 heterocycles. The van der Waals surface area contributed by atoms with Crippen molar-refractivity contribution in [3.8, 4) is 0 Å². The Morgan fingerprint density at radius 1 is 1.32 bits per heavy atom. The van der Waals surface area contributed by atoms with Crippen molar-refractivity contribution in [2.45, 2.75) is 17.7 Å². The first kappa shape index (κ1) is 16.3. The van der Waals surface area contributed by atoms with E-state index in [1.54, 1.807) is 12.1 Å². The molecule has 7 nitrogen and oxygen atoms in total. The van der Waals surface area contributed by atoms with Crippen molar-refractivity contribution in [1.82, 2.24) is 5.32 Å². The number of carboxylic acids is 1. The lowest BCUT2D eigenvalue weighted by Gasteiger charge is -2.27. The highest BCUT2D eigenvalue weighted by atomic mass is 32.2. The van der Waals surface area contributed by atoms with Gasteiger partial charge in [0.25, 0.3) is 0 Å². The van der Waals surface area contributed by atoms with Crippen molar-refractivity contribution >= 4 is 27.4 Å². The number of anilines is 1. The molecule has 0 aromatic heterocycles. The highest BCUT2D eigenvalue weighted by Gasteiger charge is 2.42. The second-order valence-corrected chi connectivity index (χ2v) is 7.71. The standard InChI is InChI=1S/C14H18N2O5S/c1-16(2)10-5-3-9(4-6-10)7-12-13(17)15-11(14(18)19)8-22(12,20)21/h3-6,11-12H,7-8H2,1-2H3,(H,15,17)(H,18,19). The lowest BCUT2D eigenvalue weighted by atomic mass is 10.1.